The first-order chi connectivity index (χ1) is 7.36. The summed E-state index contributed by atoms with van der Waals surface area (Å²) in [4.78, 5) is 0. The average molecular weight is 334 g/mol. The molecule has 0 N–H and O–H groups in total. The van der Waals surface area contributed by atoms with Crippen LogP contribution in [-0.2, 0) is 13.9 Å². The van der Waals surface area contributed by atoms with Gasteiger partial charge in [-0.1, -0.05) is 22.6 Å². The Hall–Kier alpha value is -0.0751. The molecule has 1 fully saturated rings. The molecular formula is C10H16BIN2O2. The molecule has 0 saturated carbocycles. The van der Waals surface area contributed by atoms with Gasteiger partial charge < -0.3 is 9.31 Å². The van der Waals surface area contributed by atoms with Gasteiger partial charge in [0, 0.05) is 17.9 Å². The SMILES string of the molecule is CC1(C)OB(c2cnn(CI)c2)OC1(C)C. The molecule has 4 nitrogen and oxygen atoms in total. The maximum Gasteiger partial charge on any atom is 0.498 e. The first-order valence-corrected chi connectivity index (χ1v) is 6.82. The lowest BCUT2D eigenvalue weighted by Crippen LogP contribution is -2.41. The molecule has 0 aromatic carbocycles. The third-order valence-electron chi connectivity index (χ3n) is 3.30. The fourth-order valence-electron chi connectivity index (χ4n) is 1.55. The minimum Gasteiger partial charge on any atom is -0.399 e. The minimum atomic E-state index is -0.304. The van der Waals surface area contributed by atoms with E-state index in [-0.39, 0.29) is 18.3 Å². The molecule has 1 aliphatic rings. The Bertz CT molecular complexity index is 376. The summed E-state index contributed by atoms with van der Waals surface area (Å²) in [7, 11) is -0.304. The molecule has 0 bridgehead atoms. The Morgan fingerprint density at radius 3 is 2.31 bits per heavy atom. The van der Waals surface area contributed by atoms with E-state index in [1.165, 1.54) is 0 Å². The van der Waals surface area contributed by atoms with Crippen molar-refractivity contribution in [1.82, 2.24) is 9.78 Å². The molecule has 1 aromatic rings. The van der Waals surface area contributed by atoms with Crippen LogP contribution < -0.4 is 5.46 Å². The van der Waals surface area contributed by atoms with Crippen molar-refractivity contribution in [3.05, 3.63) is 12.4 Å². The molecule has 16 heavy (non-hydrogen) atoms. The van der Waals surface area contributed by atoms with Crippen LogP contribution in [0.5, 0.6) is 0 Å². The molecule has 88 valence electrons. The number of alkyl halides is 1. The lowest BCUT2D eigenvalue weighted by atomic mass is 9.82. The average Bonchev–Trinajstić information content (AvgIpc) is 2.70. The second kappa shape index (κ2) is 3.99. The van der Waals surface area contributed by atoms with Crippen molar-refractivity contribution in [3.8, 4) is 0 Å². The highest BCUT2D eigenvalue weighted by atomic mass is 127. The van der Waals surface area contributed by atoms with Crippen molar-refractivity contribution < 1.29 is 9.31 Å². The Balaban J connectivity index is 2.20. The first kappa shape index (κ1) is 12.4. The summed E-state index contributed by atoms with van der Waals surface area (Å²) in [6, 6.07) is 0. The van der Waals surface area contributed by atoms with Gasteiger partial charge in [-0.3, -0.25) is 4.68 Å². The summed E-state index contributed by atoms with van der Waals surface area (Å²) in [5.41, 5.74) is 0.407. The molecule has 1 saturated heterocycles. The summed E-state index contributed by atoms with van der Waals surface area (Å²) in [5.74, 6) is 0. The predicted octanol–water partition coefficient (Wildman–Crippen LogP) is 1.57. The van der Waals surface area contributed by atoms with Crippen molar-refractivity contribution in [2.75, 3.05) is 0 Å². The molecule has 6 heteroatoms. The summed E-state index contributed by atoms with van der Waals surface area (Å²) >= 11 is 2.26. The third-order valence-corrected chi connectivity index (χ3v) is 4.00. The van der Waals surface area contributed by atoms with E-state index in [0.717, 1.165) is 10.0 Å². The normalized spacial score (nSPS) is 22.7. The molecule has 2 heterocycles. The van der Waals surface area contributed by atoms with Crippen LogP contribution in [0.15, 0.2) is 12.4 Å². The van der Waals surface area contributed by atoms with Gasteiger partial charge in [0.25, 0.3) is 0 Å². The lowest BCUT2D eigenvalue weighted by Gasteiger charge is -2.32. The van der Waals surface area contributed by atoms with Gasteiger partial charge >= 0.3 is 7.12 Å². The zero-order valence-electron chi connectivity index (χ0n) is 10.0. The molecule has 1 aliphatic heterocycles. The number of rotatable bonds is 2. The van der Waals surface area contributed by atoms with Gasteiger partial charge in [-0.25, -0.2) is 0 Å². The van der Waals surface area contributed by atoms with Crippen LogP contribution in [-0.4, -0.2) is 28.1 Å². The fraction of sp³-hybridized carbons (Fsp3) is 0.700. The Labute approximate surface area is 110 Å². The standard InChI is InChI=1S/C10H16BIN2O2/c1-9(2)10(3,4)16-11(15-9)8-5-13-14(6-8)7-12/h5-6H,7H2,1-4H3. The summed E-state index contributed by atoms with van der Waals surface area (Å²) in [6.07, 6.45) is 3.77. The van der Waals surface area contributed by atoms with Crippen molar-refractivity contribution in [1.29, 1.82) is 0 Å². The number of hydrogen-bond acceptors (Lipinski definition) is 3. The molecule has 0 amide bonds. The van der Waals surface area contributed by atoms with E-state index in [2.05, 4.69) is 55.4 Å². The molecule has 1 aromatic heterocycles. The van der Waals surface area contributed by atoms with Crippen LogP contribution in [0.3, 0.4) is 0 Å². The van der Waals surface area contributed by atoms with Crippen molar-refractivity contribution in [3.63, 3.8) is 0 Å². The first-order valence-electron chi connectivity index (χ1n) is 5.30. The zero-order chi connectivity index (χ0) is 12.0. The van der Waals surface area contributed by atoms with E-state index >= 15 is 0 Å². The van der Waals surface area contributed by atoms with Crippen LogP contribution in [0.2, 0.25) is 0 Å². The Morgan fingerprint density at radius 2 is 1.88 bits per heavy atom. The molecule has 2 rings (SSSR count). The van der Waals surface area contributed by atoms with Crippen molar-refractivity contribution in [2.45, 2.75) is 43.4 Å². The highest BCUT2D eigenvalue weighted by molar-refractivity contribution is 14.1. The maximum atomic E-state index is 5.93. The molecule has 0 radical (unpaired) electrons. The van der Waals surface area contributed by atoms with Crippen LogP contribution in [0, 0.1) is 0 Å². The summed E-state index contributed by atoms with van der Waals surface area (Å²) in [5, 5.41) is 4.22. The molecule has 0 atom stereocenters. The number of aromatic nitrogens is 2. The molecular weight excluding hydrogens is 318 g/mol. The van der Waals surface area contributed by atoms with Crippen molar-refractivity contribution in [2.24, 2.45) is 0 Å². The zero-order valence-corrected chi connectivity index (χ0v) is 12.2. The minimum absolute atomic E-state index is 0.288. The predicted molar refractivity (Wildman–Crippen MR) is 72.0 cm³/mol. The second-order valence-corrected chi connectivity index (χ2v) is 5.70. The van der Waals surface area contributed by atoms with E-state index in [9.17, 15) is 0 Å². The third kappa shape index (κ3) is 2.02. The van der Waals surface area contributed by atoms with Crippen LogP contribution >= 0.6 is 22.6 Å². The van der Waals surface area contributed by atoms with E-state index < -0.39 is 0 Å². The monoisotopic (exact) mass is 334 g/mol. The van der Waals surface area contributed by atoms with Gasteiger partial charge in [-0.05, 0) is 27.7 Å². The quantitative estimate of drug-likeness (QED) is 0.468. The fourth-order valence-corrected chi connectivity index (χ4v) is 1.92. The van der Waals surface area contributed by atoms with Gasteiger partial charge in [0.2, 0.25) is 0 Å². The highest BCUT2D eigenvalue weighted by Crippen LogP contribution is 2.36. The highest BCUT2D eigenvalue weighted by Gasteiger charge is 2.52. The van der Waals surface area contributed by atoms with Crippen LogP contribution in [0.25, 0.3) is 0 Å². The number of hydrogen-bond donors (Lipinski definition) is 0. The van der Waals surface area contributed by atoms with E-state index in [4.69, 9.17) is 9.31 Å². The summed E-state index contributed by atoms with van der Waals surface area (Å²) < 4.78 is 14.6. The van der Waals surface area contributed by atoms with Crippen LogP contribution in [0.1, 0.15) is 27.7 Å². The second-order valence-electron chi connectivity index (χ2n) is 5.02. The smallest absolute Gasteiger partial charge is 0.399 e. The van der Waals surface area contributed by atoms with Gasteiger partial charge in [-0.2, -0.15) is 5.10 Å². The molecule has 0 aliphatic carbocycles. The largest absolute Gasteiger partial charge is 0.498 e. The summed E-state index contributed by atoms with van der Waals surface area (Å²) in [6.45, 7) is 8.21. The topological polar surface area (TPSA) is 36.3 Å². The number of halogens is 1. The van der Waals surface area contributed by atoms with E-state index in [0.29, 0.717) is 0 Å². The Morgan fingerprint density at radius 1 is 1.31 bits per heavy atom. The van der Waals surface area contributed by atoms with Gasteiger partial charge in [0.05, 0.1) is 15.8 Å². The van der Waals surface area contributed by atoms with E-state index in [1.807, 2.05) is 10.9 Å². The molecule has 0 unspecified atom stereocenters. The molecule has 0 spiro atoms. The lowest BCUT2D eigenvalue weighted by molar-refractivity contribution is 0.00578. The van der Waals surface area contributed by atoms with E-state index in [1.54, 1.807) is 6.20 Å². The van der Waals surface area contributed by atoms with Gasteiger partial charge in [0.15, 0.2) is 0 Å². The maximum absolute atomic E-state index is 5.93. The number of nitrogens with zero attached hydrogens (tertiary/aromatic N) is 2. The van der Waals surface area contributed by atoms with Crippen LogP contribution in [0.4, 0.5) is 0 Å². The Kier molecular flexibility index (Phi) is 3.09. The van der Waals surface area contributed by atoms with Gasteiger partial charge in [0.1, 0.15) is 0 Å². The van der Waals surface area contributed by atoms with Gasteiger partial charge in [-0.15, -0.1) is 0 Å². The van der Waals surface area contributed by atoms with Crippen molar-refractivity contribution >= 4 is 35.2 Å².